The van der Waals surface area contributed by atoms with Crippen LogP contribution in [0, 0.1) is 0 Å². The summed E-state index contributed by atoms with van der Waals surface area (Å²) in [4.78, 5) is 4.50. The van der Waals surface area contributed by atoms with Crippen molar-refractivity contribution >= 4 is 0 Å². The van der Waals surface area contributed by atoms with Gasteiger partial charge in [0.2, 0.25) is 0 Å². The molecule has 1 atom stereocenters. The number of pyridine rings is 1. The Morgan fingerprint density at radius 2 is 2.05 bits per heavy atom. The summed E-state index contributed by atoms with van der Waals surface area (Å²) in [6.07, 6.45) is 5.65. The van der Waals surface area contributed by atoms with Crippen LogP contribution < -0.4 is 5.32 Å². The average molecular weight is 264 g/mol. The largest absolute Gasteiger partial charge is 0.374 e. The predicted octanol–water partition coefficient (Wildman–Crippen LogP) is 3.33. The lowest BCUT2D eigenvalue weighted by Gasteiger charge is -2.13. The summed E-state index contributed by atoms with van der Waals surface area (Å²) in [5, 5.41) is 3.52. The van der Waals surface area contributed by atoms with Crippen LogP contribution in [0.4, 0.5) is 0 Å². The van der Waals surface area contributed by atoms with Gasteiger partial charge in [-0.15, -0.1) is 0 Å². The second kappa shape index (κ2) is 9.05. The SMILES string of the molecule is CCCCNC(C)Cc1ccc(COC(C)C)cn1. The van der Waals surface area contributed by atoms with Crippen LogP contribution in [0.3, 0.4) is 0 Å². The van der Waals surface area contributed by atoms with Gasteiger partial charge < -0.3 is 10.1 Å². The molecule has 1 aromatic heterocycles. The molecule has 3 nitrogen and oxygen atoms in total. The summed E-state index contributed by atoms with van der Waals surface area (Å²) in [6.45, 7) is 10.3. The lowest BCUT2D eigenvalue weighted by atomic mass is 10.1. The fourth-order valence-corrected chi connectivity index (χ4v) is 1.84. The van der Waals surface area contributed by atoms with E-state index in [0.29, 0.717) is 12.6 Å². The van der Waals surface area contributed by atoms with Gasteiger partial charge in [-0.1, -0.05) is 19.4 Å². The summed E-state index contributed by atoms with van der Waals surface area (Å²) in [7, 11) is 0. The van der Waals surface area contributed by atoms with Gasteiger partial charge in [0, 0.05) is 24.4 Å². The number of hydrogen-bond acceptors (Lipinski definition) is 3. The van der Waals surface area contributed by atoms with Crippen LogP contribution in [-0.4, -0.2) is 23.7 Å². The summed E-state index contributed by atoms with van der Waals surface area (Å²) >= 11 is 0. The van der Waals surface area contributed by atoms with Gasteiger partial charge in [-0.3, -0.25) is 4.98 Å². The summed E-state index contributed by atoms with van der Waals surface area (Å²) in [6, 6.07) is 4.71. The molecule has 0 bridgehead atoms. The molecule has 1 heterocycles. The molecule has 0 spiro atoms. The zero-order chi connectivity index (χ0) is 14.1. The normalized spacial score (nSPS) is 12.9. The lowest BCUT2D eigenvalue weighted by molar-refractivity contribution is 0.0655. The maximum atomic E-state index is 5.56. The van der Waals surface area contributed by atoms with E-state index >= 15 is 0 Å². The highest BCUT2D eigenvalue weighted by atomic mass is 16.5. The van der Waals surface area contributed by atoms with Gasteiger partial charge in [-0.2, -0.15) is 0 Å². The van der Waals surface area contributed by atoms with Crippen molar-refractivity contribution in [1.82, 2.24) is 10.3 Å². The molecule has 0 saturated heterocycles. The molecule has 0 aliphatic rings. The van der Waals surface area contributed by atoms with E-state index in [1.807, 2.05) is 20.0 Å². The molecule has 0 saturated carbocycles. The van der Waals surface area contributed by atoms with E-state index in [9.17, 15) is 0 Å². The molecule has 1 aromatic rings. The Morgan fingerprint density at radius 1 is 1.26 bits per heavy atom. The molecule has 3 heteroatoms. The topological polar surface area (TPSA) is 34.1 Å². The Morgan fingerprint density at radius 3 is 2.63 bits per heavy atom. The Labute approximate surface area is 117 Å². The molecule has 0 aliphatic carbocycles. The Balaban J connectivity index is 2.34. The van der Waals surface area contributed by atoms with Crippen molar-refractivity contribution in [2.24, 2.45) is 0 Å². The molecular formula is C16H28N2O. The van der Waals surface area contributed by atoms with Crippen LogP contribution >= 0.6 is 0 Å². The van der Waals surface area contributed by atoms with Crippen molar-refractivity contribution in [3.63, 3.8) is 0 Å². The third-order valence-electron chi connectivity index (χ3n) is 3.01. The quantitative estimate of drug-likeness (QED) is 0.695. The highest BCUT2D eigenvalue weighted by molar-refractivity contribution is 5.14. The van der Waals surface area contributed by atoms with E-state index in [0.717, 1.165) is 24.2 Å². The molecule has 1 unspecified atom stereocenters. The van der Waals surface area contributed by atoms with Crippen molar-refractivity contribution in [3.8, 4) is 0 Å². The summed E-state index contributed by atoms with van der Waals surface area (Å²) < 4.78 is 5.56. The van der Waals surface area contributed by atoms with E-state index in [4.69, 9.17) is 4.74 Å². The number of rotatable bonds is 9. The van der Waals surface area contributed by atoms with Crippen LogP contribution in [-0.2, 0) is 17.8 Å². The van der Waals surface area contributed by atoms with Crippen LogP contribution in [0.15, 0.2) is 18.3 Å². The number of nitrogens with zero attached hydrogens (tertiary/aromatic N) is 1. The molecule has 0 radical (unpaired) electrons. The fourth-order valence-electron chi connectivity index (χ4n) is 1.84. The first-order valence-electron chi connectivity index (χ1n) is 7.40. The molecular weight excluding hydrogens is 236 g/mol. The molecule has 19 heavy (non-hydrogen) atoms. The maximum absolute atomic E-state index is 5.56. The number of nitrogens with one attached hydrogen (secondary N) is 1. The second-order valence-electron chi connectivity index (χ2n) is 5.43. The molecule has 108 valence electrons. The molecule has 0 amide bonds. The molecule has 1 N–H and O–H groups in total. The van der Waals surface area contributed by atoms with Gasteiger partial charge in [0.25, 0.3) is 0 Å². The Hall–Kier alpha value is -0.930. The number of hydrogen-bond donors (Lipinski definition) is 1. The van der Waals surface area contributed by atoms with Crippen molar-refractivity contribution in [3.05, 3.63) is 29.6 Å². The van der Waals surface area contributed by atoms with Gasteiger partial charge in [0.1, 0.15) is 0 Å². The van der Waals surface area contributed by atoms with Gasteiger partial charge in [0.05, 0.1) is 12.7 Å². The van der Waals surface area contributed by atoms with Crippen LogP contribution in [0.5, 0.6) is 0 Å². The standard InChI is InChI=1S/C16H28N2O/c1-5-6-9-17-14(4)10-16-8-7-15(11-18-16)12-19-13(2)3/h7-8,11,13-14,17H,5-6,9-10,12H2,1-4H3. The van der Waals surface area contributed by atoms with E-state index in [1.165, 1.54) is 12.8 Å². The monoisotopic (exact) mass is 264 g/mol. The second-order valence-corrected chi connectivity index (χ2v) is 5.43. The maximum Gasteiger partial charge on any atom is 0.0735 e. The van der Waals surface area contributed by atoms with Crippen LogP contribution in [0.2, 0.25) is 0 Å². The molecule has 1 rings (SSSR count). The number of aromatic nitrogens is 1. The zero-order valence-electron chi connectivity index (χ0n) is 12.8. The molecule has 0 aromatic carbocycles. The van der Waals surface area contributed by atoms with Crippen molar-refractivity contribution in [2.75, 3.05) is 6.54 Å². The van der Waals surface area contributed by atoms with Crippen molar-refractivity contribution < 1.29 is 4.74 Å². The first kappa shape index (κ1) is 16.1. The highest BCUT2D eigenvalue weighted by Crippen LogP contribution is 2.06. The first-order valence-corrected chi connectivity index (χ1v) is 7.40. The highest BCUT2D eigenvalue weighted by Gasteiger charge is 2.04. The minimum atomic E-state index is 0.266. The lowest BCUT2D eigenvalue weighted by Crippen LogP contribution is -2.29. The summed E-state index contributed by atoms with van der Waals surface area (Å²) in [5.74, 6) is 0. The first-order chi connectivity index (χ1) is 9.11. The minimum Gasteiger partial charge on any atom is -0.374 e. The van der Waals surface area contributed by atoms with Gasteiger partial charge >= 0.3 is 0 Å². The predicted molar refractivity (Wildman–Crippen MR) is 80.2 cm³/mol. The van der Waals surface area contributed by atoms with Gasteiger partial charge in [-0.05, 0) is 45.4 Å². The van der Waals surface area contributed by atoms with E-state index in [2.05, 4.69) is 36.3 Å². The van der Waals surface area contributed by atoms with Crippen molar-refractivity contribution in [1.29, 1.82) is 0 Å². The minimum absolute atomic E-state index is 0.266. The van der Waals surface area contributed by atoms with E-state index < -0.39 is 0 Å². The van der Waals surface area contributed by atoms with Crippen molar-refractivity contribution in [2.45, 2.75) is 65.7 Å². The van der Waals surface area contributed by atoms with Gasteiger partial charge in [-0.25, -0.2) is 0 Å². The smallest absolute Gasteiger partial charge is 0.0735 e. The average Bonchev–Trinajstić information content (AvgIpc) is 2.38. The number of ether oxygens (including phenoxy) is 1. The van der Waals surface area contributed by atoms with Gasteiger partial charge in [0.15, 0.2) is 0 Å². The van der Waals surface area contributed by atoms with E-state index in [-0.39, 0.29) is 6.10 Å². The third kappa shape index (κ3) is 7.28. The molecule has 0 aliphatic heterocycles. The number of unbranched alkanes of at least 4 members (excludes halogenated alkanes) is 1. The summed E-state index contributed by atoms with van der Waals surface area (Å²) in [5.41, 5.74) is 2.29. The Kier molecular flexibility index (Phi) is 7.68. The zero-order valence-corrected chi connectivity index (χ0v) is 12.8. The fraction of sp³-hybridized carbons (Fsp3) is 0.688. The third-order valence-corrected chi connectivity index (χ3v) is 3.01. The Bertz CT molecular complexity index is 335. The van der Waals surface area contributed by atoms with Crippen LogP contribution in [0.1, 0.15) is 51.8 Å². The van der Waals surface area contributed by atoms with E-state index in [1.54, 1.807) is 0 Å². The van der Waals surface area contributed by atoms with Crippen LogP contribution in [0.25, 0.3) is 0 Å². The molecule has 0 fully saturated rings.